The summed E-state index contributed by atoms with van der Waals surface area (Å²) in [6.45, 7) is 4.56. The molecular weight excluding hydrogens is 314 g/mol. The van der Waals surface area contributed by atoms with Crippen molar-refractivity contribution in [2.45, 2.75) is 25.4 Å². The number of carboxylic acids is 1. The normalized spacial score (nSPS) is 21.8. The van der Waals surface area contributed by atoms with Gasteiger partial charge in [-0.15, -0.1) is 0 Å². The third kappa shape index (κ3) is 3.80. The fraction of sp³-hybridized carbons (Fsp3) is 0.412. The number of benzene rings is 1. The van der Waals surface area contributed by atoms with Crippen LogP contribution < -0.4 is 5.32 Å². The number of aromatic nitrogens is 1. The molecule has 5 nitrogen and oxygen atoms in total. The molecule has 0 radical (unpaired) electrons. The molecule has 23 heavy (non-hydrogen) atoms. The highest BCUT2D eigenvalue weighted by molar-refractivity contribution is 6.31. The zero-order chi connectivity index (χ0) is 16.4. The molecule has 2 heterocycles. The molecule has 0 saturated carbocycles. The highest BCUT2D eigenvalue weighted by Crippen LogP contribution is 2.27. The number of nitrogens with one attached hydrogen (secondary N) is 1. The van der Waals surface area contributed by atoms with Gasteiger partial charge >= 0.3 is 5.97 Å². The van der Waals surface area contributed by atoms with Crippen LogP contribution in [0.15, 0.2) is 30.5 Å². The Morgan fingerprint density at radius 1 is 1.52 bits per heavy atom. The molecule has 1 aromatic carbocycles. The number of hydrogen-bond donors (Lipinski definition) is 2. The number of halogens is 1. The van der Waals surface area contributed by atoms with Crippen LogP contribution in [0.4, 0.5) is 0 Å². The van der Waals surface area contributed by atoms with Crippen LogP contribution >= 0.6 is 11.6 Å². The van der Waals surface area contributed by atoms with Crippen LogP contribution in [-0.4, -0.2) is 46.1 Å². The molecule has 2 N–H and O–H groups in total. The molecule has 0 bridgehead atoms. The van der Waals surface area contributed by atoms with Gasteiger partial charge in [-0.25, -0.2) is 0 Å². The number of pyridine rings is 1. The van der Waals surface area contributed by atoms with Crippen LogP contribution in [-0.2, 0) is 11.3 Å². The van der Waals surface area contributed by atoms with Crippen molar-refractivity contribution in [3.63, 3.8) is 0 Å². The molecule has 1 atom stereocenters. The van der Waals surface area contributed by atoms with Gasteiger partial charge in [-0.05, 0) is 37.1 Å². The van der Waals surface area contributed by atoms with Crippen LogP contribution in [0.25, 0.3) is 10.9 Å². The summed E-state index contributed by atoms with van der Waals surface area (Å²) in [5, 5.41) is 13.7. The summed E-state index contributed by atoms with van der Waals surface area (Å²) >= 11 is 6.23. The van der Waals surface area contributed by atoms with E-state index in [1.807, 2.05) is 24.3 Å². The maximum atomic E-state index is 10.8. The van der Waals surface area contributed by atoms with Crippen LogP contribution in [0.3, 0.4) is 0 Å². The SMILES string of the molecule is CC1(NCC(=O)O)CCN(Cc2cc(Cl)cc3cccnc23)C1. The van der Waals surface area contributed by atoms with Gasteiger partial charge in [0.2, 0.25) is 0 Å². The van der Waals surface area contributed by atoms with E-state index in [1.165, 1.54) is 0 Å². The second kappa shape index (κ2) is 6.43. The van der Waals surface area contributed by atoms with E-state index < -0.39 is 5.97 Å². The minimum atomic E-state index is -0.824. The van der Waals surface area contributed by atoms with Gasteiger partial charge in [0.15, 0.2) is 0 Å². The van der Waals surface area contributed by atoms with Crippen molar-refractivity contribution >= 4 is 28.5 Å². The molecule has 3 rings (SSSR count). The van der Waals surface area contributed by atoms with E-state index >= 15 is 0 Å². The Kier molecular flexibility index (Phi) is 4.53. The van der Waals surface area contributed by atoms with Gasteiger partial charge in [0.1, 0.15) is 0 Å². The van der Waals surface area contributed by atoms with Gasteiger partial charge in [-0.3, -0.25) is 14.7 Å². The maximum Gasteiger partial charge on any atom is 0.317 e. The summed E-state index contributed by atoms with van der Waals surface area (Å²) in [7, 11) is 0. The van der Waals surface area contributed by atoms with Gasteiger partial charge in [-0.2, -0.15) is 0 Å². The highest BCUT2D eigenvalue weighted by atomic mass is 35.5. The summed E-state index contributed by atoms with van der Waals surface area (Å²) < 4.78 is 0. The molecule has 122 valence electrons. The first-order valence-corrected chi connectivity index (χ1v) is 8.05. The zero-order valence-electron chi connectivity index (χ0n) is 13.1. The topological polar surface area (TPSA) is 65.5 Å². The Morgan fingerprint density at radius 2 is 2.35 bits per heavy atom. The van der Waals surface area contributed by atoms with Crippen molar-refractivity contribution in [1.29, 1.82) is 0 Å². The van der Waals surface area contributed by atoms with Crippen LogP contribution in [0.5, 0.6) is 0 Å². The van der Waals surface area contributed by atoms with Crippen molar-refractivity contribution in [3.8, 4) is 0 Å². The number of rotatable bonds is 5. The minimum absolute atomic E-state index is 0.00795. The van der Waals surface area contributed by atoms with Crippen LogP contribution in [0.2, 0.25) is 5.02 Å². The number of nitrogens with zero attached hydrogens (tertiary/aromatic N) is 2. The second-order valence-corrected chi connectivity index (χ2v) is 6.85. The lowest BCUT2D eigenvalue weighted by Crippen LogP contribution is -2.46. The Labute approximate surface area is 140 Å². The molecule has 1 saturated heterocycles. The van der Waals surface area contributed by atoms with E-state index in [-0.39, 0.29) is 12.1 Å². The maximum absolute atomic E-state index is 10.8. The summed E-state index contributed by atoms with van der Waals surface area (Å²) in [5.74, 6) is -0.824. The summed E-state index contributed by atoms with van der Waals surface area (Å²) in [6.07, 6.45) is 2.72. The van der Waals surface area contributed by atoms with E-state index in [2.05, 4.69) is 22.1 Å². The Bertz CT molecular complexity index is 737. The van der Waals surface area contributed by atoms with Gasteiger partial charge in [0, 0.05) is 41.8 Å². The monoisotopic (exact) mass is 333 g/mol. The van der Waals surface area contributed by atoms with Gasteiger partial charge in [0.25, 0.3) is 0 Å². The molecule has 6 heteroatoms. The second-order valence-electron chi connectivity index (χ2n) is 6.41. The quantitative estimate of drug-likeness (QED) is 0.880. The van der Waals surface area contributed by atoms with E-state index in [1.54, 1.807) is 6.20 Å². The summed E-state index contributed by atoms with van der Waals surface area (Å²) in [5.41, 5.74) is 1.92. The molecule has 1 aliphatic heterocycles. The molecule has 1 aliphatic rings. The average Bonchev–Trinajstić information content (AvgIpc) is 2.87. The molecule has 1 unspecified atom stereocenters. The molecule has 1 fully saturated rings. The summed E-state index contributed by atoms with van der Waals surface area (Å²) in [4.78, 5) is 17.6. The number of carbonyl (C=O) groups is 1. The van der Waals surface area contributed by atoms with Crippen molar-refractivity contribution < 1.29 is 9.90 Å². The molecule has 0 aliphatic carbocycles. The number of carboxylic acid groups (broad SMARTS) is 1. The predicted molar refractivity (Wildman–Crippen MR) is 90.7 cm³/mol. The Balaban J connectivity index is 1.75. The largest absolute Gasteiger partial charge is 0.480 e. The fourth-order valence-electron chi connectivity index (χ4n) is 3.21. The number of aliphatic carboxylic acids is 1. The first kappa shape index (κ1) is 16.2. The van der Waals surface area contributed by atoms with Crippen LogP contribution in [0, 0.1) is 0 Å². The smallest absolute Gasteiger partial charge is 0.317 e. The predicted octanol–water partition coefficient (Wildman–Crippen LogP) is 2.53. The Hall–Kier alpha value is -1.69. The van der Waals surface area contributed by atoms with E-state index in [4.69, 9.17) is 16.7 Å². The molecule has 0 spiro atoms. The Morgan fingerprint density at radius 3 is 3.13 bits per heavy atom. The lowest BCUT2D eigenvalue weighted by molar-refractivity contribution is -0.136. The van der Waals surface area contributed by atoms with Crippen molar-refractivity contribution in [3.05, 3.63) is 41.0 Å². The third-order valence-electron chi connectivity index (χ3n) is 4.36. The highest BCUT2D eigenvalue weighted by Gasteiger charge is 2.33. The van der Waals surface area contributed by atoms with E-state index in [0.717, 1.165) is 42.5 Å². The third-order valence-corrected chi connectivity index (χ3v) is 4.58. The fourth-order valence-corrected chi connectivity index (χ4v) is 3.46. The van der Waals surface area contributed by atoms with Gasteiger partial charge in [0.05, 0.1) is 12.1 Å². The minimum Gasteiger partial charge on any atom is -0.480 e. The van der Waals surface area contributed by atoms with Gasteiger partial charge in [-0.1, -0.05) is 17.7 Å². The van der Waals surface area contributed by atoms with Crippen molar-refractivity contribution in [2.75, 3.05) is 19.6 Å². The number of likely N-dealkylation sites (tertiary alicyclic amines) is 1. The van der Waals surface area contributed by atoms with Crippen molar-refractivity contribution in [2.24, 2.45) is 0 Å². The average molecular weight is 334 g/mol. The number of fused-ring (bicyclic) bond motifs is 1. The molecular formula is C17H20ClN3O2. The first-order valence-electron chi connectivity index (χ1n) is 7.68. The first-order chi connectivity index (χ1) is 11.0. The molecule has 0 amide bonds. The standard InChI is InChI=1S/C17H20ClN3O2/c1-17(20-9-15(22)23)4-6-21(11-17)10-13-8-14(18)7-12-3-2-5-19-16(12)13/h2-3,5,7-8,20H,4,6,9-11H2,1H3,(H,22,23). The van der Waals surface area contributed by atoms with Crippen molar-refractivity contribution in [1.82, 2.24) is 15.2 Å². The van der Waals surface area contributed by atoms with Crippen LogP contribution in [0.1, 0.15) is 18.9 Å². The summed E-state index contributed by atoms with van der Waals surface area (Å²) in [6, 6.07) is 7.82. The van der Waals surface area contributed by atoms with E-state index in [9.17, 15) is 4.79 Å². The number of hydrogen-bond acceptors (Lipinski definition) is 4. The van der Waals surface area contributed by atoms with Gasteiger partial charge < -0.3 is 10.4 Å². The zero-order valence-corrected chi connectivity index (χ0v) is 13.8. The molecule has 1 aromatic heterocycles. The van der Waals surface area contributed by atoms with E-state index in [0.29, 0.717) is 5.02 Å². The molecule has 2 aromatic rings. The lowest BCUT2D eigenvalue weighted by atomic mass is 10.0. The lowest BCUT2D eigenvalue weighted by Gasteiger charge is -2.25.